The number of hydrogen-bond acceptors (Lipinski definition) is 3. The molecule has 0 aliphatic carbocycles. The average molecular weight is 184 g/mol. The van der Waals surface area contributed by atoms with Crippen molar-refractivity contribution in [1.29, 1.82) is 0 Å². The summed E-state index contributed by atoms with van der Waals surface area (Å²) in [5.74, 6) is 0.449. The molecule has 5 heteroatoms. The molecule has 0 saturated heterocycles. The van der Waals surface area contributed by atoms with Gasteiger partial charge in [-0.2, -0.15) is 0 Å². The van der Waals surface area contributed by atoms with Gasteiger partial charge in [-0.05, 0) is 13.3 Å². The Morgan fingerprint density at radius 1 is 1.83 bits per heavy atom. The zero-order valence-corrected chi connectivity index (χ0v) is 8.01. The van der Waals surface area contributed by atoms with Crippen LogP contribution in [0.1, 0.15) is 32.1 Å². The lowest BCUT2D eigenvalue weighted by molar-refractivity contribution is 0.476. The van der Waals surface area contributed by atoms with Crippen molar-refractivity contribution in [3.63, 3.8) is 0 Å². The van der Waals surface area contributed by atoms with Gasteiger partial charge in [0.2, 0.25) is 5.82 Å². The summed E-state index contributed by atoms with van der Waals surface area (Å²) >= 11 is 4.74. The number of nitrogens with two attached hydrogens (primary N) is 1. The van der Waals surface area contributed by atoms with Crippen LogP contribution in [0.5, 0.6) is 0 Å². The molecule has 1 unspecified atom stereocenters. The number of hydrogen-bond donors (Lipinski definition) is 1. The third-order valence-corrected chi connectivity index (χ3v) is 1.95. The predicted octanol–water partition coefficient (Wildman–Crippen LogP) is 0.883. The summed E-state index contributed by atoms with van der Waals surface area (Å²) in [6, 6.07) is 0.348. The highest BCUT2D eigenvalue weighted by Crippen LogP contribution is 2.06. The van der Waals surface area contributed by atoms with E-state index in [0.717, 1.165) is 6.42 Å². The smallest absolute Gasteiger partial charge is 0.208 e. The van der Waals surface area contributed by atoms with E-state index in [1.54, 1.807) is 11.0 Å². The van der Waals surface area contributed by atoms with Gasteiger partial charge in [0, 0.05) is 0 Å². The van der Waals surface area contributed by atoms with Crippen molar-refractivity contribution in [2.45, 2.75) is 26.3 Å². The molecule has 0 saturated carbocycles. The summed E-state index contributed by atoms with van der Waals surface area (Å²) < 4.78 is 1.77. The molecule has 1 rings (SSSR count). The molecule has 1 aromatic heterocycles. The second-order valence-corrected chi connectivity index (χ2v) is 3.11. The Kier molecular flexibility index (Phi) is 2.75. The van der Waals surface area contributed by atoms with Gasteiger partial charge in [0.25, 0.3) is 0 Å². The van der Waals surface area contributed by atoms with Gasteiger partial charge >= 0.3 is 0 Å². The van der Waals surface area contributed by atoms with Gasteiger partial charge in [-0.15, -0.1) is 5.10 Å². The van der Waals surface area contributed by atoms with Crippen molar-refractivity contribution in [3.8, 4) is 0 Å². The number of aromatic nitrogens is 3. The molecular weight excluding hydrogens is 172 g/mol. The molecule has 0 amide bonds. The molecule has 0 fully saturated rings. The SMILES string of the molecule is CCC(C)n1cnc(C(N)=S)n1. The van der Waals surface area contributed by atoms with Crippen LogP contribution < -0.4 is 5.73 Å². The van der Waals surface area contributed by atoms with Crippen LogP contribution in [0.25, 0.3) is 0 Å². The van der Waals surface area contributed by atoms with Gasteiger partial charge in [0.1, 0.15) is 11.3 Å². The highest BCUT2D eigenvalue weighted by atomic mass is 32.1. The molecule has 4 nitrogen and oxygen atoms in total. The normalized spacial score (nSPS) is 12.8. The van der Waals surface area contributed by atoms with Crippen molar-refractivity contribution in [2.24, 2.45) is 5.73 Å². The Bertz CT molecular complexity index is 281. The van der Waals surface area contributed by atoms with Gasteiger partial charge in [0.05, 0.1) is 6.04 Å². The van der Waals surface area contributed by atoms with Crippen molar-refractivity contribution < 1.29 is 0 Å². The fraction of sp³-hybridized carbons (Fsp3) is 0.571. The zero-order valence-electron chi connectivity index (χ0n) is 7.19. The standard InChI is InChI=1S/C7H12N4S/c1-3-5(2)11-4-9-7(10-11)6(8)12/h4-5H,3H2,1-2H3,(H2,8,12). The molecule has 12 heavy (non-hydrogen) atoms. The van der Waals surface area contributed by atoms with Crippen LogP contribution >= 0.6 is 12.2 Å². The maximum atomic E-state index is 5.36. The van der Waals surface area contributed by atoms with E-state index in [2.05, 4.69) is 23.9 Å². The maximum Gasteiger partial charge on any atom is 0.208 e. The third kappa shape index (κ3) is 1.79. The van der Waals surface area contributed by atoms with Crippen LogP contribution in [0.2, 0.25) is 0 Å². The Morgan fingerprint density at radius 2 is 2.50 bits per heavy atom. The first-order valence-electron chi connectivity index (χ1n) is 3.86. The Labute approximate surface area is 76.8 Å². The topological polar surface area (TPSA) is 56.7 Å². The fourth-order valence-corrected chi connectivity index (χ4v) is 0.881. The highest BCUT2D eigenvalue weighted by molar-refractivity contribution is 7.80. The molecule has 0 bridgehead atoms. The van der Waals surface area contributed by atoms with Crippen molar-refractivity contribution in [3.05, 3.63) is 12.2 Å². The van der Waals surface area contributed by atoms with Gasteiger partial charge < -0.3 is 5.73 Å². The van der Waals surface area contributed by atoms with E-state index < -0.39 is 0 Å². The maximum absolute atomic E-state index is 5.36. The van der Waals surface area contributed by atoms with Crippen molar-refractivity contribution >= 4 is 17.2 Å². The van der Waals surface area contributed by atoms with Crippen LogP contribution in [0.15, 0.2) is 6.33 Å². The van der Waals surface area contributed by atoms with E-state index >= 15 is 0 Å². The largest absolute Gasteiger partial charge is 0.387 e. The quantitative estimate of drug-likeness (QED) is 0.709. The summed E-state index contributed by atoms with van der Waals surface area (Å²) in [5.41, 5.74) is 5.36. The molecule has 1 heterocycles. The lowest BCUT2D eigenvalue weighted by Crippen LogP contribution is -2.13. The Morgan fingerprint density at radius 3 is 2.92 bits per heavy atom. The minimum Gasteiger partial charge on any atom is -0.387 e. The summed E-state index contributed by atoms with van der Waals surface area (Å²) in [5, 5.41) is 4.12. The predicted molar refractivity (Wildman–Crippen MR) is 50.9 cm³/mol. The van der Waals surface area contributed by atoms with E-state index in [-0.39, 0.29) is 4.99 Å². The van der Waals surface area contributed by atoms with Gasteiger partial charge in [0.15, 0.2) is 0 Å². The molecule has 0 aromatic carbocycles. The van der Waals surface area contributed by atoms with Crippen LogP contribution in [0, 0.1) is 0 Å². The van der Waals surface area contributed by atoms with Crippen molar-refractivity contribution in [2.75, 3.05) is 0 Å². The molecular formula is C7H12N4S. The lowest BCUT2D eigenvalue weighted by atomic mass is 10.3. The van der Waals surface area contributed by atoms with E-state index in [1.807, 2.05) is 0 Å². The van der Waals surface area contributed by atoms with Crippen molar-refractivity contribution in [1.82, 2.24) is 14.8 Å². The minimum atomic E-state index is 0.247. The van der Waals surface area contributed by atoms with Crippen LogP contribution in [-0.2, 0) is 0 Å². The van der Waals surface area contributed by atoms with E-state index in [9.17, 15) is 0 Å². The molecule has 66 valence electrons. The first kappa shape index (κ1) is 9.12. The summed E-state index contributed by atoms with van der Waals surface area (Å²) in [7, 11) is 0. The number of nitrogens with zero attached hydrogens (tertiary/aromatic N) is 3. The molecule has 0 aliphatic rings. The number of rotatable bonds is 3. The molecule has 2 N–H and O–H groups in total. The van der Waals surface area contributed by atoms with E-state index in [0.29, 0.717) is 11.9 Å². The van der Waals surface area contributed by atoms with Gasteiger partial charge in [-0.25, -0.2) is 9.67 Å². The zero-order chi connectivity index (χ0) is 9.14. The third-order valence-electron chi connectivity index (χ3n) is 1.77. The molecule has 1 atom stereocenters. The minimum absolute atomic E-state index is 0.247. The molecule has 0 aliphatic heterocycles. The Hall–Kier alpha value is -0.970. The summed E-state index contributed by atoms with van der Waals surface area (Å²) in [4.78, 5) is 4.22. The summed E-state index contributed by atoms with van der Waals surface area (Å²) in [6.45, 7) is 4.16. The summed E-state index contributed by atoms with van der Waals surface area (Å²) in [6.07, 6.45) is 2.67. The Balaban J connectivity index is 2.84. The highest BCUT2D eigenvalue weighted by Gasteiger charge is 2.06. The fourth-order valence-electron chi connectivity index (χ4n) is 0.787. The molecule has 0 radical (unpaired) electrons. The average Bonchev–Trinajstić information content (AvgIpc) is 2.51. The van der Waals surface area contributed by atoms with E-state index in [1.165, 1.54) is 0 Å². The first-order chi connectivity index (χ1) is 5.65. The van der Waals surface area contributed by atoms with Crippen LogP contribution in [-0.4, -0.2) is 19.8 Å². The second-order valence-electron chi connectivity index (χ2n) is 2.67. The number of thiocarbonyl (C=S) groups is 1. The van der Waals surface area contributed by atoms with Gasteiger partial charge in [-0.3, -0.25) is 0 Å². The monoisotopic (exact) mass is 184 g/mol. The molecule has 1 aromatic rings. The second kappa shape index (κ2) is 3.62. The van der Waals surface area contributed by atoms with E-state index in [4.69, 9.17) is 18.0 Å². The first-order valence-corrected chi connectivity index (χ1v) is 4.27. The van der Waals surface area contributed by atoms with Crippen LogP contribution in [0.3, 0.4) is 0 Å². The van der Waals surface area contributed by atoms with Crippen LogP contribution in [0.4, 0.5) is 0 Å². The van der Waals surface area contributed by atoms with Gasteiger partial charge in [-0.1, -0.05) is 19.1 Å². The lowest BCUT2D eigenvalue weighted by Gasteiger charge is -2.06. The molecule has 0 spiro atoms.